The number of amides is 1. The molecule has 4 aromatic rings. The number of nitrogens with one attached hydrogen (secondary N) is 1. The number of hydrogen-bond acceptors (Lipinski definition) is 4. The Morgan fingerprint density at radius 1 is 1.09 bits per heavy atom. The number of benzene rings is 2. The van der Waals surface area contributed by atoms with Crippen molar-refractivity contribution in [2.45, 2.75) is 32.7 Å². The van der Waals surface area contributed by atoms with E-state index in [1.54, 1.807) is 0 Å². The number of rotatable bonds is 5. The summed E-state index contributed by atoms with van der Waals surface area (Å²) in [6.45, 7) is 5.31. The fourth-order valence-corrected chi connectivity index (χ4v) is 4.76. The van der Waals surface area contributed by atoms with Crippen LogP contribution < -0.4 is 5.32 Å². The van der Waals surface area contributed by atoms with Crippen molar-refractivity contribution in [1.29, 1.82) is 0 Å². The molecule has 0 saturated carbocycles. The smallest absolute Gasteiger partial charge is 0.249 e. The van der Waals surface area contributed by atoms with Crippen LogP contribution >= 0.6 is 11.6 Å². The lowest BCUT2D eigenvalue weighted by molar-refractivity contribution is -0.127. The van der Waals surface area contributed by atoms with E-state index in [0.717, 1.165) is 52.3 Å². The van der Waals surface area contributed by atoms with Gasteiger partial charge in [-0.05, 0) is 44.4 Å². The minimum atomic E-state index is 0.0994. The van der Waals surface area contributed by atoms with Crippen molar-refractivity contribution in [2.75, 3.05) is 18.4 Å². The maximum Gasteiger partial charge on any atom is 0.249 e. The molecule has 2 aromatic carbocycles. The predicted octanol–water partition coefficient (Wildman–Crippen LogP) is 5.86. The van der Waals surface area contributed by atoms with Crippen LogP contribution in [0.15, 0.2) is 72.4 Å². The SMILES string of the molecule is C/C(=C\c1ccccc1)C(=O)N1CCC(Nc2cc(-c3ccccc3Cl)nc3c(C)cnn23)CC1. The number of carbonyl (C=O) groups excluding carboxylic acids is 1. The lowest BCUT2D eigenvalue weighted by Gasteiger charge is -2.33. The second-order valence-electron chi connectivity index (χ2n) is 9.02. The standard InChI is InChI=1S/C28H28ClN5O/c1-19(16-21-8-4-3-5-9-21)28(35)33-14-12-22(13-15-33)31-26-17-25(23-10-6-7-11-24(23)29)32-27-20(2)18-30-34(26)27/h3-11,16-18,22,31H,12-15H2,1-2H3/b19-16+. The molecular weight excluding hydrogens is 458 g/mol. The first-order chi connectivity index (χ1) is 17.0. The number of aryl methyl sites for hydroxylation is 1. The van der Waals surface area contributed by atoms with Gasteiger partial charge in [-0.25, -0.2) is 4.98 Å². The van der Waals surface area contributed by atoms with E-state index in [9.17, 15) is 4.79 Å². The summed E-state index contributed by atoms with van der Waals surface area (Å²) in [5, 5.41) is 8.86. The molecule has 5 rings (SSSR count). The topological polar surface area (TPSA) is 62.5 Å². The van der Waals surface area contributed by atoms with Crippen molar-refractivity contribution >= 4 is 35.0 Å². The van der Waals surface area contributed by atoms with Crippen LogP contribution in [0.3, 0.4) is 0 Å². The monoisotopic (exact) mass is 485 g/mol. The molecule has 1 fully saturated rings. The van der Waals surface area contributed by atoms with Gasteiger partial charge in [0.2, 0.25) is 5.91 Å². The molecule has 0 atom stereocenters. The zero-order valence-electron chi connectivity index (χ0n) is 19.9. The van der Waals surface area contributed by atoms with E-state index >= 15 is 0 Å². The van der Waals surface area contributed by atoms with Crippen LogP contribution in [0.1, 0.15) is 30.9 Å². The Labute approximate surface area is 210 Å². The first-order valence-corrected chi connectivity index (χ1v) is 12.3. The average molecular weight is 486 g/mol. The van der Waals surface area contributed by atoms with Gasteiger partial charge in [-0.15, -0.1) is 0 Å². The molecule has 0 bridgehead atoms. The zero-order chi connectivity index (χ0) is 24.4. The molecule has 0 radical (unpaired) electrons. The highest BCUT2D eigenvalue weighted by molar-refractivity contribution is 6.33. The third-order valence-corrected chi connectivity index (χ3v) is 6.78. The Bertz CT molecular complexity index is 1390. The zero-order valence-corrected chi connectivity index (χ0v) is 20.7. The number of fused-ring (bicyclic) bond motifs is 1. The highest BCUT2D eigenvalue weighted by atomic mass is 35.5. The number of hydrogen-bond donors (Lipinski definition) is 1. The second kappa shape index (κ2) is 9.92. The van der Waals surface area contributed by atoms with E-state index in [1.165, 1.54) is 0 Å². The van der Waals surface area contributed by atoms with Gasteiger partial charge in [-0.2, -0.15) is 9.61 Å². The van der Waals surface area contributed by atoms with Crippen molar-refractivity contribution in [2.24, 2.45) is 0 Å². The number of carbonyl (C=O) groups is 1. The van der Waals surface area contributed by atoms with Gasteiger partial charge in [0.25, 0.3) is 0 Å². The normalized spacial score (nSPS) is 14.9. The van der Waals surface area contributed by atoms with Crippen LogP contribution in [0.2, 0.25) is 5.02 Å². The summed E-state index contributed by atoms with van der Waals surface area (Å²) in [6, 6.07) is 19.9. The van der Waals surface area contributed by atoms with Gasteiger partial charge >= 0.3 is 0 Å². The maximum absolute atomic E-state index is 13.0. The van der Waals surface area contributed by atoms with Crippen molar-refractivity contribution in [3.8, 4) is 11.3 Å². The number of halogens is 1. The Kier molecular flexibility index (Phi) is 6.55. The molecule has 1 aliphatic heterocycles. The third-order valence-electron chi connectivity index (χ3n) is 6.45. The molecule has 2 aromatic heterocycles. The molecule has 6 nitrogen and oxygen atoms in total. The minimum Gasteiger partial charge on any atom is -0.367 e. The van der Waals surface area contributed by atoms with Crippen LogP contribution in [-0.2, 0) is 4.79 Å². The average Bonchev–Trinajstić information content (AvgIpc) is 3.26. The molecule has 178 valence electrons. The van der Waals surface area contributed by atoms with Crippen LogP contribution in [0.4, 0.5) is 5.82 Å². The summed E-state index contributed by atoms with van der Waals surface area (Å²) in [5.41, 5.74) is 5.31. The largest absolute Gasteiger partial charge is 0.367 e. The van der Waals surface area contributed by atoms with Crippen LogP contribution in [0.5, 0.6) is 0 Å². The molecule has 3 heterocycles. The molecule has 1 amide bonds. The molecule has 0 unspecified atom stereocenters. The molecular formula is C28H28ClN5O. The Balaban J connectivity index is 1.31. The lowest BCUT2D eigenvalue weighted by Crippen LogP contribution is -2.42. The molecule has 1 saturated heterocycles. The van der Waals surface area contributed by atoms with E-state index in [4.69, 9.17) is 16.6 Å². The van der Waals surface area contributed by atoms with Crippen molar-refractivity contribution < 1.29 is 4.79 Å². The molecule has 1 aliphatic rings. The number of likely N-dealkylation sites (tertiary alicyclic amines) is 1. The Hall–Kier alpha value is -3.64. The Morgan fingerprint density at radius 3 is 2.54 bits per heavy atom. The van der Waals surface area contributed by atoms with Gasteiger partial charge in [0, 0.05) is 46.9 Å². The van der Waals surface area contributed by atoms with E-state index in [-0.39, 0.29) is 11.9 Å². The molecule has 7 heteroatoms. The molecule has 0 spiro atoms. The van der Waals surface area contributed by atoms with E-state index in [0.29, 0.717) is 18.1 Å². The number of anilines is 1. The minimum absolute atomic E-state index is 0.0994. The van der Waals surface area contributed by atoms with E-state index < -0.39 is 0 Å². The quantitative estimate of drug-likeness (QED) is 0.359. The van der Waals surface area contributed by atoms with Gasteiger partial charge in [0.15, 0.2) is 5.65 Å². The summed E-state index contributed by atoms with van der Waals surface area (Å²) in [5.74, 6) is 0.977. The second-order valence-corrected chi connectivity index (χ2v) is 9.43. The first-order valence-electron chi connectivity index (χ1n) is 11.9. The van der Waals surface area contributed by atoms with Crippen LogP contribution in [0.25, 0.3) is 23.0 Å². The van der Waals surface area contributed by atoms with Gasteiger partial charge in [0.1, 0.15) is 5.82 Å². The van der Waals surface area contributed by atoms with Crippen LogP contribution in [-0.4, -0.2) is 44.5 Å². The lowest BCUT2D eigenvalue weighted by atomic mass is 10.0. The summed E-state index contributed by atoms with van der Waals surface area (Å²) in [4.78, 5) is 19.8. The van der Waals surface area contributed by atoms with E-state index in [1.807, 2.05) is 96.2 Å². The van der Waals surface area contributed by atoms with Gasteiger partial charge in [-0.3, -0.25) is 4.79 Å². The van der Waals surface area contributed by atoms with Crippen molar-refractivity contribution in [1.82, 2.24) is 19.5 Å². The van der Waals surface area contributed by atoms with Crippen molar-refractivity contribution in [3.63, 3.8) is 0 Å². The predicted molar refractivity (Wildman–Crippen MR) is 141 cm³/mol. The molecule has 35 heavy (non-hydrogen) atoms. The fraction of sp³-hybridized carbons (Fsp3) is 0.250. The van der Waals surface area contributed by atoms with Gasteiger partial charge < -0.3 is 10.2 Å². The maximum atomic E-state index is 13.0. The third kappa shape index (κ3) is 4.93. The summed E-state index contributed by atoms with van der Waals surface area (Å²) in [6.07, 6.45) is 5.50. The van der Waals surface area contributed by atoms with Crippen LogP contribution in [0, 0.1) is 6.92 Å². The van der Waals surface area contributed by atoms with E-state index in [2.05, 4.69) is 10.4 Å². The van der Waals surface area contributed by atoms with Gasteiger partial charge in [0.05, 0.1) is 11.9 Å². The van der Waals surface area contributed by atoms with Gasteiger partial charge in [-0.1, -0.05) is 60.1 Å². The number of piperidine rings is 1. The molecule has 0 aliphatic carbocycles. The molecule has 1 N–H and O–H groups in total. The van der Waals surface area contributed by atoms with Crippen molar-refractivity contribution in [3.05, 3.63) is 88.6 Å². The fourth-order valence-electron chi connectivity index (χ4n) is 4.53. The summed E-state index contributed by atoms with van der Waals surface area (Å²) in [7, 11) is 0. The summed E-state index contributed by atoms with van der Waals surface area (Å²) < 4.78 is 1.85. The summed E-state index contributed by atoms with van der Waals surface area (Å²) >= 11 is 6.47. The number of aromatic nitrogens is 3. The first kappa shape index (κ1) is 23.1. The number of nitrogens with zero attached hydrogens (tertiary/aromatic N) is 4. The Morgan fingerprint density at radius 2 is 1.80 bits per heavy atom. The highest BCUT2D eigenvalue weighted by Gasteiger charge is 2.24. The highest BCUT2D eigenvalue weighted by Crippen LogP contribution is 2.30.